The van der Waals surface area contributed by atoms with Crippen molar-refractivity contribution in [3.05, 3.63) is 33.1 Å². The van der Waals surface area contributed by atoms with Gasteiger partial charge in [0.1, 0.15) is 15.6 Å². The summed E-state index contributed by atoms with van der Waals surface area (Å²) in [6.45, 7) is 3.39. The van der Waals surface area contributed by atoms with Gasteiger partial charge in [0.2, 0.25) is 0 Å². The van der Waals surface area contributed by atoms with Gasteiger partial charge in [0.15, 0.2) is 5.69 Å². The van der Waals surface area contributed by atoms with Crippen molar-refractivity contribution in [2.24, 2.45) is 0 Å². The Labute approximate surface area is 130 Å². The Morgan fingerprint density at radius 1 is 1.50 bits per heavy atom. The van der Waals surface area contributed by atoms with E-state index in [0.29, 0.717) is 16.6 Å². The number of rotatable bonds is 5. The van der Waals surface area contributed by atoms with Crippen LogP contribution in [0.4, 0.5) is 0 Å². The summed E-state index contributed by atoms with van der Waals surface area (Å²) in [5.74, 6) is -0.222. The fourth-order valence-corrected chi connectivity index (χ4v) is 3.00. The zero-order valence-electron chi connectivity index (χ0n) is 12.1. The van der Waals surface area contributed by atoms with Crippen LogP contribution in [0.2, 0.25) is 0 Å². The highest BCUT2D eigenvalue weighted by molar-refractivity contribution is 7.13. The molecule has 8 heteroatoms. The van der Waals surface area contributed by atoms with Crippen LogP contribution >= 0.6 is 11.3 Å². The molecule has 116 valence electrons. The van der Waals surface area contributed by atoms with E-state index in [4.69, 9.17) is 9.63 Å². The number of carbonyl (C=O) groups excluding carboxylic acids is 1. The molecule has 3 rings (SSSR count). The summed E-state index contributed by atoms with van der Waals surface area (Å²) in [6, 6.07) is 1.26. The second-order valence-corrected chi connectivity index (χ2v) is 6.39. The molecule has 2 heterocycles. The third kappa shape index (κ3) is 2.87. The molecule has 7 nitrogen and oxygen atoms in total. The van der Waals surface area contributed by atoms with E-state index in [9.17, 15) is 9.59 Å². The normalized spacial score (nSPS) is 15.5. The van der Waals surface area contributed by atoms with Gasteiger partial charge in [0, 0.05) is 12.0 Å². The maximum absolute atomic E-state index is 12.1. The minimum atomic E-state index is -1.01. The molecule has 1 aliphatic carbocycles. The number of nitrogens with one attached hydrogen (secondary N) is 1. The molecule has 0 radical (unpaired) electrons. The lowest BCUT2D eigenvalue weighted by atomic mass is 10.2. The molecule has 0 spiro atoms. The second kappa shape index (κ2) is 5.53. The van der Waals surface area contributed by atoms with Crippen molar-refractivity contribution >= 4 is 23.2 Å². The van der Waals surface area contributed by atoms with Crippen LogP contribution in [0.3, 0.4) is 0 Å². The van der Waals surface area contributed by atoms with Gasteiger partial charge in [-0.15, -0.1) is 11.3 Å². The van der Waals surface area contributed by atoms with E-state index in [2.05, 4.69) is 15.5 Å². The number of nitrogens with zero attached hydrogens (tertiary/aromatic N) is 2. The Kier molecular flexibility index (Phi) is 3.69. The Balaban J connectivity index is 1.69. The van der Waals surface area contributed by atoms with Crippen LogP contribution < -0.4 is 5.32 Å². The van der Waals surface area contributed by atoms with Gasteiger partial charge in [0.05, 0.1) is 11.7 Å². The van der Waals surface area contributed by atoms with Gasteiger partial charge in [-0.25, -0.2) is 9.78 Å². The molecule has 2 aromatic rings. The number of amides is 1. The Hall–Kier alpha value is -2.22. The monoisotopic (exact) mass is 321 g/mol. The van der Waals surface area contributed by atoms with Gasteiger partial charge in [-0.3, -0.25) is 4.79 Å². The Morgan fingerprint density at radius 2 is 2.23 bits per heavy atom. The predicted molar refractivity (Wildman–Crippen MR) is 78.2 cm³/mol. The van der Waals surface area contributed by atoms with Crippen molar-refractivity contribution in [3.8, 4) is 0 Å². The number of aromatic carboxylic acids is 1. The lowest BCUT2D eigenvalue weighted by Gasteiger charge is -2.09. The third-order valence-electron chi connectivity index (χ3n) is 3.47. The van der Waals surface area contributed by atoms with E-state index < -0.39 is 12.0 Å². The number of thiazole rings is 1. The number of hydrogen-bond acceptors (Lipinski definition) is 6. The summed E-state index contributed by atoms with van der Waals surface area (Å²) in [4.78, 5) is 27.6. The summed E-state index contributed by atoms with van der Waals surface area (Å²) in [5.41, 5.74) is 0.687. The number of carboxylic acids is 1. The van der Waals surface area contributed by atoms with Crippen LogP contribution in [-0.4, -0.2) is 27.1 Å². The van der Waals surface area contributed by atoms with Crippen molar-refractivity contribution in [1.29, 1.82) is 0 Å². The molecular formula is C14H15N3O4S. The van der Waals surface area contributed by atoms with Gasteiger partial charge in [0.25, 0.3) is 5.91 Å². The standard InChI is InChI=1S/C14H15N3O4S/c1-6-11(14(19)20)22-13(16-6)7(2)15-12(18)9-5-10(21-17-9)8-3-4-8/h5,7-8H,3-4H2,1-2H3,(H,15,18)(H,19,20). The maximum Gasteiger partial charge on any atom is 0.347 e. The summed E-state index contributed by atoms with van der Waals surface area (Å²) in [6.07, 6.45) is 2.14. The summed E-state index contributed by atoms with van der Waals surface area (Å²) >= 11 is 1.06. The van der Waals surface area contributed by atoms with Gasteiger partial charge in [-0.2, -0.15) is 0 Å². The third-order valence-corrected chi connectivity index (χ3v) is 4.79. The van der Waals surface area contributed by atoms with Gasteiger partial charge in [-0.05, 0) is 26.7 Å². The van der Waals surface area contributed by atoms with Crippen LogP contribution in [0.1, 0.15) is 68.3 Å². The average molecular weight is 321 g/mol. The fourth-order valence-electron chi connectivity index (χ4n) is 2.09. The number of hydrogen-bond donors (Lipinski definition) is 2. The molecular weight excluding hydrogens is 306 g/mol. The molecule has 1 saturated carbocycles. The van der Waals surface area contributed by atoms with Crippen LogP contribution in [0.5, 0.6) is 0 Å². The van der Waals surface area contributed by atoms with Crippen molar-refractivity contribution in [2.75, 3.05) is 0 Å². The predicted octanol–water partition coefficient (Wildman–Crippen LogP) is 2.51. The molecule has 2 N–H and O–H groups in total. The molecule has 0 aliphatic heterocycles. The number of aryl methyl sites for hydroxylation is 1. The first kappa shape index (κ1) is 14.7. The van der Waals surface area contributed by atoms with Crippen molar-refractivity contribution in [1.82, 2.24) is 15.5 Å². The highest BCUT2D eigenvalue weighted by atomic mass is 32.1. The fraction of sp³-hybridized carbons (Fsp3) is 0.429. The lowest BCUT2D eigenvalue weighted by molar-refractivity contribution is 0.0700. The van der Waals surface area contributed by atoms with E-state index in [1.54, 1.807) is 19.9 Å². The lowest BCUT2D eigenvalue weighted by Crippen LogP contribution is -2.26. The van der Waals surface area contributed by atoms with Crippen LogP contribution in [0.25, 0.3) is 0 Å². The molecule has 1 unspecified atom stereocenters. The number of aromatic nitrogens is 2. The summed E-state index contributed by atoms with van der Waals surface area (Å²) in [5, 5.41) is 16.1. The number of carboxylic acid groups (broad SMARTS) is 1. The largest absolute Gasteiger partial charge is 0.477 e. The summed E-state index contributed by atoms with van der Waals surface area (Å²) in [7, 11) is 0. The molecule has 0 bridgehead atoms. The first-order valence-corrected chi connectivity index (χ1v) is 7.75. The maximum atomic E-state index is 12.1. The Morgan fingerprint density at radius 3 is 2.82 bits per heavy atom. The second-order valence-electron chi connectivity index (χ2n) is 5.36. The van der Waals surface area contributed by atoms with E-state index in [0.717, 1.165) is 29.9 Å². The molecule has 0 aromatic carbocycles. The Bertz CT molecular complexity index is 732. The molecule has 1 atom stereocenters. The van der Waals surface area contributed by atoms with Gasteiger partial charge in [-0.1, -0.05) is 5.16 Å². The van der Waals surface area contributed by atoms with E-state index in [-0.39, 0.29) is 16.5 Å². The molecule has 1 aliphatic rings. The minimum absolute atomic E-state index is 0.188. The van der Waals surface area contributed by atoms with Gasteiger partial charge >= 0.3 is 5.97 Å². The molecule has 1 fully saturated rings. The molecule has 1 amide bonds. The van der Waals surface area contributed by atoms with E-state index in [1.165, 1.54) is 0 Å². The zero-order valence-corrected chi connectivity index (χ0v) is 12.9. The SMILES string of the molecule is Cc1nc(C(C)NC(=O)c2cc(C3CC3)on2)sc1C(=O)O. The zero-order chi connectivity index (χ0) is 15.9. The van der Waals surface area contributed by atoms with E-state index >= 15 is 0 Å². The minimum Gasteiger partial charge on any atom is -0.477 e. The molecule has 22 heavy (non-hydrogen) atoms. The van der Waals surface area contributed by atoms with Gasteiger partial charge < -0.3 is 14.9 Å². The summed E-state index contributed by atoms with van der Waals surface area (Å²) < 4.78 is 5.15. The smallest absolute Gasteiger partial charge is 0.347 e. The van der Waals surface area contributed by atoms with Crippen LogP contribution in [0.15, 0.2) is 10.6 Å². The van der Waals surface area contributed by atoms with Crippen LogP contribution in [0, 0.1) is 6.92 Å². The molecule has 2 aromatic heterocycles. The average Bonchev–Trinajstić information content (AvgIpc) is 3.05. The van der Waals surface area contributed by atoms with Crippen molar-refractivity contribution < 1.29 is 19.2 Å². The first-order valence-electron chi connectivity index (χ1n) is 6.93. The van der Waals surface area contributed by atoms with Crippen molar-refractivity contribution in [3.63, 3.8) is 0 Å². The highest BCUT2D eigenvalue weighted by Gasteiger charge is 2.29. The van der Waals surface area contributed by atoms with Crippen LogP contribution in [-0.2, 0) is 0 Å². The van der Waals surface area contributed by atoms with E-state index in [1.807, 2.05) is 0 Å². The number of carbonyl (C=O) groups is 2. The first-order chi connectivity index (χ1) is 10.5. The molecule has 0 saturated heterocycles. The highest BCUT2D eigenvalue weighted by Crippen LogP contribution is 2.40. The topological polar surface area (TPSA) is 105 Å². The quantitative estimate of drug-likeness (QED) is 0.876. The van der Waals surface area contributed by atoms with Crippen molar-refractivity contribution in [2.45, 2.75) is 38.6 Å².